The number of nitrogens with zero attached hydrogens (tertiary/aromatic N) is 2. The van der Waals surface area contributed by atoms with Gasteiger partial charge in [0.05, 0.1) is 23.0 Å². The van der Waals surface area contributed by atoms with Crippen molar-refractivity contribution in [2.45, 2.75) is 18.8 Å². The Morgan fingerprint density at radius 3 is 2.60 bits per heavy atom. The minimum absolute atomic E-state index is 0.161. The van der Waals surface area contributed by atoms with E-state index in [1.165, 1.54) is 5.56 Å². The van der Waals surface area contributed by atoms with Gasteiger partial charge in [-0.2, -0.15) is 0 Å². The molecule has 3 rings (SSSR count). The largest absolute Gasteiger partial charge is 0.320 e. The summed E-state index contributed by atoms with van der Waals surface area (Å²) < 4.78 is 2.16. The van der Waals surface area contributed by atoms with Crippen LogP contribution >= 0.6 is 23.2 Å². The molecule has 2 nitrogen and oxygen atoms in total. The predicted molar refractivity (Wildman–Crippen MR) is 84.6 cm³/mol. The van der Waals surface area contributed by atoms with Crippen LogP contribution in [0.5, 0.6) is 0 Å². The van der Waals surface area contributed by atoms with E-state index in [1.807, 2.05) is 36.4 Å². The number of aromatic nitrogens is 2. The Bertz CT molecular complexity index is 735. The van der Waals surface area contributed by atoms with Gasteiger partial charge in [-0.1, -0.05) is 41.9 Å². The zero-order valence-corrected chi connectivity index (χ0v) is 12.6. The number of alkyl halides is 1. The van der Waals surface area contributed by atoms with Gasteiger partial charge in [-0.15, -0.1) is 11.6 Å². The van der Waals surface area contributed by atoms with Crippen molar-refractivity contribution in [3.05, 3.63) is 64.9 Å². The lowest BCUT2D eigenvalue weighted by Gasteiger charge is -2.17. The number of benzene rings is 2. The summed E-state index contributed by atoms with van der Waals surface area (Å²) in [7, 11) is 0. The number of imidazole rings is 1. The highest BCUT2D eigenvalue weighted by Gasteiger charge is 2.16. The first-order chi connectivity index (χ1) is 9.70. The second-order valence-corrected chi connectivity index (χ2v) is 5.46. The average molecular weight is 305 g/mol. The van der Waals surface area contributed by atoms with Crippen molar-refractivity contribution in [2.24, 2.45) is 0 Å². The number of rotatable bonds is 3. The summed E-state index contributed by atoms with van der Waals surface area (Å²) in [4.78, 5) is 4.59. The van der Waals surface area contributed by atoms with Gasteiger partial charge >= 0.3 is 0 Å². The van der Waals surface area contributed by atoms with Crippen LogP contribution in [0.3, 0.4) is 0 Å². The van der Waals surface area contributed by atoms with Crippen molar-refractivity contribution in [1.29, 1.82) is 0 Å². The summed E-state index contributed by atoms with van der Waals surface area (Å²) >= 11 is 12.2. The molecule has 4 heteroatoms. The SMILES string of the molecule is CC(c1ccccc1)n1c(CCl)nc2ccc(Cl)cc21. The van der Waals surface area contributed by atoms with E-state index in [0.717, 1.165) is 16.9 Å². The first kappa shape index (κ1) is 13.5. The van der Waals surface area contributed by atoms with Crippen LogP contribution in [-0.4, -0.2) is 9.55 Å². The highest BCUT2D eigenvalue weighted by atomic mass is 35.5. The molecule has 20 heavy (non-hydrogen) atoms. The Balaban J connectivity index is 2.21. The summed E-state index contributed by atoms with van der Waals surface area (Å²) in [5.74, 6) is 1.24. The average Bonchev–Trinajstić information content (AvgIpc) is 2.85. The minimum Gasteiger partial charge on any atom is -0.320 e. The Morgan fingerprint density at radius 1 is 1.15 bits per heavy atom. The van der Waals surface area contributed by atoms with Crippen LogP contribution in [0.15, 0.2) is 48.5 Å². The molecule has 0 spiro atoms. The van der Waals surface area contributed by atoms with E-state index in [-0.39, 0.29) is 6.04 Å². The van der Waals surface area contributed by atoms with Gasteiger partial charge in [0, 0.05) is 5.02 Å². The van der Waals surface area contributed by atoms with Crippen molar-refractivity contribution in [2.75, 3.05) is 0 Å². The number of hydrogen-bond donors (Lipinski definition) is 0. The molecule has 102 valence electrons. The molecule has 0 N–H and O–H groups in total. The van der Waals surface area contributed by atoms with Gasteiger partial charge in [-0.25, -0.2) is 4.98 Å². The van der Waals surface area contributed by atoms with Crippen LogP contribution in [0.4, 0.5) is 0 Å². The Labute approximate surface area is 128 Å². The lowest BCUT2D eigenvalue weighted by molar-refractivity contribution is 0.634. The smallest absolute Gasteiger partial charge is 0.125 e. The molecule has 0 saturated carbocycles. The zero-order valence-electron chi connectivity index (χ0n) is 11.1. The standard InChI is InChI=1S/C16H14Cl2N2/c1-11(12-5-3-2-4-6-12)20-15-9-13(18)7-8-14(15)19-16(20)10-17/h2-9,11H,10H2,1H3. The van der Waals surface area contributed by atoms with Gasteiger partial charge in [0.25, 0.3) is 0 Å². The number of hydrogen-bond acceptors (Lipinski definition) is 1. The van der Waals surface area contributed by atoms with Crippen LogP contribution in [0.1, 0.15) is 24.4 Å². The van der Waals surface area contributed by atoms with Gasteiger partial charge in [0.15, 0.2) is 0 Å². The van der Waals surface area contributed by atoms with Crippen molar-refractivity contribution in [3.63, 3.8) is 0 Å². The molecule has 0 fully saturated rings. The van der Waals surface area contributed by atoms with Crippen LogP contribution in [-0.2, 0) is 5.88 Å². The van der Waals surface area contributed by atoms with E-state index in [1.54, 1.807) is 0 Å². The van der Waals surface area contributed by atoms with Gasteiger partial charge in [-0.05, 0) is 30.7 Å². The number of fused-ring (bicyclic) bond motifs is 1. The zero-order chi connectivity index (χ0) is 14.1. The maximum Gasteiger partial charge on any atom is 0.125 e. The first-order valence-corrected chi connectivity index (χ1v) is 7.39. The summed E-state index contributed by atoms with van der Waals surface area (Å²) in [5, 5.41) is 0.708. The van der Waals surface area contributed by atoms with Crippen LogP contribution in [0.25, 0.3) is 11.0 Å². The van der Waals surface area contributed by atoms with Crippen molar-refractivity contribution in [1.82, 2.24) is 9.55 Å². The lowest BCUT2D eigenvalue weighted by atomic mass is 10.1. The molecule has 0 amide bonds. The second-order valence-electron chi connectivity index (χ2n) is 4.75. The van der Waals surface area contributed by atoms with E-state index in [0.29, 0.717) is 10.9 Å². The van der Waals surface area contributed by atoms with Crippen LogP contribution in [0.2, 0.25) is 5.02 Å². The molecule has 1 heterocycles. The molecule has 0 aliphatic heterocycles. The topological polar surface area (TPSA) is 17.8 Å². The summed E-state index contributed by atoms with van der Waals surface area (Å²) in [6, 6.07) is 16.2. The highest BCUT2D eigenvalue weighted by Crippen LogP contribution is 2.28. The molecular formula is C16H14Cl2N2. The summed E-state index contributed by atoms with van der Waals surface area (Å²) in [6.45, 7) is 2.15. The molecule has 3 aromatic rings. The van der Waals surface area contributed by atoms with Gasteiger partial charge in [0.1, 0.15) is 5.82 Å². The monoisotopic (exact) mass is 304 g/mol. The molecular weight excluding hydrogens is 291 g/mol. The Morgan fingerprint density at radius 2 is 1.90 bits per heavy atom. The fraction of sp³-hybridized carbons (Fsp3) is 0.188. The normalized spacial score (nSPS) is 12.8. The Kier molecular flexibility index (Phi) is 3.68. The third kappa shape index (κ3) is 2.30. The van der Waals surface area contributed by atoms with E-state index in [2.05, 4.69) is 28.6 Å². The second kappa shape index (κ2) is 5.47. The fourth-order valence-corrected chi connectivity index (χ4v) is 2.88. The van der Waals surface area contributed by atoms with E-state index >= 15 is 0 Å². The van der Waals surface area contributed by atoms with Gasteiger partial charge < -0.3 is 4.57 Å². The third-order valence-electron chi connectivity index (χ3n) is 3.51. The highest BCUT2D eigenvalue weighted by molar-refractivity contribution is 6.31. The van der Waals surface area contributed by atoms with Crippen molar-refractivity contribution in [3.8, 4) is 0 Å². The van der Waals surface area contributed by atoms with Crippen LogP contribution in [0, 0.1) is 0 Å². The van der Waals surface area contributed by atoms with Crippen molar-refractivity contribution >= 4 is 34.2 Å². The minimum atomic E-state index is 0.161. The summed E-state index contributed by atoms with van der Waals surface area (Å²) in [5.41, 5.74) is 3.16. The summed E-state index contributed by atoms with van der Waals surface area (Å²) in [6.07, 6.45) is 0. The molecule has 1 unspecified atom stereocenters. The number of halogens is 2. The third-order valence-corrected chi connectivity index (χ3v) is 3.99. The van der Waals surface area contributed by atoms with Gasteiger partial charge in [0.2, 0.25) is 0 Å². The Hall–Kier alpha value is -1.51. The fourth-order valence-electron chi connectivity index (χ4n) is 2.52. The molecule has 0 saturated heterocycles. The predicted octanol–water partition coefficient (Wildman–Crippen LogP) is 5.04. The molecule has 1 atom stereocenters. The molecule has 0 bridgehead atoms. The van der Waals surface area contributed by atoms with E-state index < -0.39 is 0 Å². The lowest BCUT2D eigenvalue weighted by Crippen LogP contribution is -2.09. The quantitative estimate of drug-likeness (QED) is 0.620. The van der Waals surface area contributed by atoms with E-state index in [9.17, 15) is 0 Å². The van der Waals surface area contributed by atoms with Gasteiger partial charge in [-0.3, -0.25) is 0 Å². The molecule has 0 aliphatic rings. The molecule has 2 aromatic carbocycles. The van der Waals surface area contributed by atoms with Crippen molar-refractivity contribution < 1.29 is 0 Å². The van der Waals surface area contributed by atoms with E-state index in [4.69, 9.17) is 23.2 Å². The molecule has 0 radical (unpaired) electrons. The van der Waals surface area contributed by atoms with Crippen LogP contribution < -0.4 is 0 Å². The molecule has 0 aliphatic carbocycles. The maximum absolute atomic E-state index is 6.12. The molecule has 1 aromatic heterocycles. The maximum atomic E-state index is 6.12. The first-order valence-electron chi connectivity index (χ1n) is 6.48.